The van der Waals surface area contributed by atoms with E-state index in [1.807, 2.05) is 25.2 Å². The highest BCUT2D eigenvalue weighted by Gasteiger charge is 2.10. The summed E-state index contributed by atoms with van der Waals surface area (Å²) >= 11 is 0. The molecule has 1 amide bonds. The van der Waals surface area contributed by atoms with Gasteiger partial charge in [0.2, 0.25) is 0 Å². The lowest BCUT2D eigenvalue weighted by atomic mass is 10.1. The number of rotatable bonds is 5. The molecule has 118 valence electrons. The summed E-state index contributed by atoms with van der Waals surface area (Å²) in [6, 6.07) is 11.8. The molecule has 0 aliphatic rings. The molecule has 3 aromatic rings. The van der Waals surface area contributed by atoms with Crippen LogP contribution in [0.4, 0.5) is 5.69 Å². The number of fused-ring (bicyclic) bond motifs is 1. The van der Waals surface area contributed by atoms with Crippen molar-refractivity contribution >= 4 is 22.5 Å². The zero-order chi connectivity index (χ0) is 16.2. The lowest BCUT2D eigenvalue weighted by molar-refractivity contribution is 0.0949. The molecular formula is C18H20N4O. The van der Waals surface area contributed by atoms with Crippen LogP contribution in [0.25, 0.3) is 10.9 Å². The molecule has 0 atom stereocenters. The number of pyridine rings is 1. The van der Waals surface area contributed by atoms with Gasteiger partial charge in [-0.2, -0.15) is 0 Å². The number of hydrogen-bond donors (Lipinski definition) is 3. The normalized spacial score (nSPS) is 10.7. The first-order valence-corrected chi connectivity index (χ1v) is 7.67. The van der Waals surface area contributed by atoms with E-state index in [0.29, 0.717) is 12.2 Å². The van der Waals surface area contributed by atoms with Crippen molar-refractivity contribution in [1.29, 1.82) is 0 Å². The summed E-state index contributed by atoms with van der Waals surface area (Å²) in [5.41, 5.74) is 4.85. The Labute approximate surface area is 135 Å². The van der Waals surface area contributed by atoms with Crippen LogP contribution in [0.5, 0.6) is 0 Å². The summed E-state index contributed by atoms with van der Waals surface area (Å²) < 4.78 is 0. The number of aromatic nitrogens is 2. The minimum atomic E-state index is -0.148. The van der Waals surface area contributed by atoms with Gasteiger partial charge in [-0.15, -0.1) is 0 Å². The van der Waals surface area contributed by atoms with E-state index in [9.17, 15) is 4.79 Å². The van der Waals surface area contributed by atoms with Crippen LogP contribution in [0, 0.1) is 6.92 Å². The fourth-order valence-corrected chi connectivity index (χ4v) is 2.72. The highest BCUT2D eigenvalue weighted by molar-refractivity contribution is 5.92. The highest BCUT2D eigenvalue weighted by atomic mass is 16.1. The molecule has 0 aliphatic heterocycles. The number of carbonyl (C=O) groups is 1. The van der Waals surface area contributed by atoms with E-state index < -0.39 is 0 Å². The Balaban J connectivity index is 1.64. The maximum atomic E-state index is 12.1. The van der Waals surface area contributed by atoms with Crippen LogP contribution >= 0.6 is 0 Å². The number of H-pyrrole nitrogens is 1. The van der Waals surface area contributed by atoms with E-state index in [1.54, 1.807) is 12.3 Å². The van der Waals surface area contributed by atoms with Crippen LogP contribution < -0.4 is 10.6 Å². The molecule has 0 saturated carbocycles. The highest BCUT2D eigenvalue weighted by Crippen LogP contribution is 2.21. The third-order valence-corrected chi connectivity index (χ3v) is 3.97. The van der Waals surface area contributed by atoms with Crippen molar-refractivity contribution in [3.63, 3.8) is 0 Å². The summed E-state index contributed by atoms with van der Waals surface area (Å²) in [5, 5.41) is 7.13. The SMILES string of the molecule is CNc1ccc(C(=O)NCCc2c(C)[nH]c3ccccc23)nc1. The summed E-state index contributed by atoms with van der Waals surface area (Å²) in [4.78, 5) is 19.6. The van der Waals surface area contributed by atoms with E-state index in [0.717, 1.165) is 23.3 Å². The molecule has 0 unspecified atom stereocenters. The first-order chi connectivity index (χ1) is 11.2. The number of aryl methyl sites for hydroxylation is 1. The maximum absolute atomic E-state index is 12.1. The molecule has 5 heteroatoms. The van der Waals surface area contributed by atoms with Gasteiger partial charge in [0.25, 0.3) is 5.91 Å². The maximum Gasteiger partial charge on any atom is 0.269 e. The Bertz CT molecular complexity index is 821. The van der Waals surface area contributed by atoms with Gasteiger partial charge < -0.3 is 15.6 Å². The molecule has 3 N–H and O–H groups in total. The Morgan fingerprint density at radius 1 is 1.22 bits per heavy atom. The van der Waals surface area contributed by atoms with Crippen LogP contribution in [0.15, 0.2) is 42.6 Å². The fraction of sp³-hybridized carbons (Fsp3) is 0.222. The number of para-hydroxylation sites is 1. The number of nitrogens with one attached hydrogen (secondary N) is 3. The van der Waals surface area contributed by atoms with Gasteiger partial charge in [0, 0.05) is 30.2 Å². The number of benzene rings is 1. The molecule has 0 saturated heterocycles. The molecular weight excluding hydrogens is 288 g/mol. The Hall–Kier alpha value is -2.82. The lowest BCUT2D eigenvalue weighted by Gasteiger charge is -2.06. The molecule has 0 fully saturated rings. The van der Waals surface area contributed by atoms with Gasteiger partial charge >= 0.3 is 0 Å². The van der Waals surface area contributed by atoms with Crippen LogP contribution in [0.2, 0.25) is 0 Å². The molecule has 1 aromatic carbocycles. The van der Waals surface area contributed by atoms with E-state index in [2.05, 4.69) is 39.7 Å². The van der Waals surface area contributed by atoms with Crippen molar-refractivity contribution in [2.24, 2.45) is 0 Å². The summed E-state index contributed by atoms with van der Waals surface area (Å²) in [7, 11) is 1.82. The smallest absolute Gasteiger partial charge is 0.269 e. The Morgan fingerprint density at radius 2 is 2.04 bits per heavy atom. The number of anilines is 1. The lowest BCUT2D eigenvalue weighted by Crippen LogP contribution is -2.26. The van der Waals surface area contributed by atoms with Crippen molar-refractivity contribution in [3.05, 3.63) is 59.5 Å². The average Bonchev–Trinajstić information content (AvgIpc) is 2.90. The first-order valence-electron chi connectivity index (χ1n) is 7.67. The molecule has 5 nitrogen and oxygen atoms in total. The number of carbonyl (C=O) groups excluding carboxylic acids is 1. The molecule has 0 bridgehead atoms. The summed E-state index contributed by atoms with van der Waals surface area (Å²) in [5.74, 6) is -0.148. The van der Waals surface area contributed by atoms with Gasteiger partial charge in [-0.3, -0.25) is 4.79 Å². The molecule has 2 heterocycles. The van der Waals surface area contributed by atoms with E-state index in [-0.39, 0.29) is 5.91 Å². The number of aromatic amines is 1. The zero-order valence-corrected chi connectivity index (χ0v) is 13.3. The van der Waals surface area contributed by atoms with Gasteiger partial charge in [0.05, 0.1) is 11.9 Å². The molecule has 0 aliphatic carbocycles. The third-order valence-electron chi connectivity index (χ3n) is 3.97. The van der Waals surface area contributed by atoms with Gasteiger partial charge in [-0.1, -0.05) is 18.2 Å². The minimum absolute atomic E-state index is 0.148. The molecule has 0 radical (unpaired) electrons. The van der Waals surface area contributed by atoms with Crippen LogP contribution in [-0.2, 0) is 6.42 Å². The van der Waals surface area contributed by atoms with Crippen molar-refractivity contribution in [2.45, 2.75) is 13.3 Å². The standard InChI is InChI=1S/C18H20N4O/c1-12-14(15-5-3-4-6-16(15)22-12)9-10-20-18(23)17-8-7-13(19-2)11-21-17/h3-8,11,19,22H,9-10H2,1-2H3,(H,20,23). The monoisotopic (exact) mass is 308 g/mol. The summed E-state index contributed by atoms with van der Waals surface area (Å²) in [6.07, 6.45) is 2.44. The number of nitrogens with zero attached hydrogens (tertiary/aromatic N) is 1. The Kier molecular flexibility index (Phi) is 4.28. The van der Waals surface area contributed by atoms with Gasteiger partial charge in [-0.05, 0) is 37.1 Å². The second kappa shape index (κ2) is 6.52. The zero-order valence-electron chi connectivity index (χ0n) is 13.3. The van der Waals surface area contributed by atoms with Crippen molar-refractivity contribution < 1.29 is 4.79 Å². The van der Waals surface area contributed by atoms with E-state index >= 15 is 0 Å². The van der Waals surface area contributed by atoms with Crippen molar-refractivity contribution in [3.8, 4) is 0 Å². The number of hydrogen-bond acceptors (Lipinski definition) is 3. The van der Waals surface area contributed by atoms with Crippen LogP contribution in [0.3, 0.4) is 0 Å². The second-order valence-electron chi connectivity index (χ2n) is 5.46. The molecule has 23 heavy (non-hydrogen) atoms. The quantitative estimate of drug-likeness (QED) is 0.679. The van der Waals surface area contributed by atoms with Crippen molar-refractivity contribution in [2.75, 3.05) is 18.9 Å². The topological polar surface area (TPSA) is 69.8 Å². The second-order valence-corrected chi connectivity index (χ2v) is 5.46. The summed E-state index contributed by atoms with van der Waals surface area (Å²) in [6.45, 7) is 2.65. The predicted octanol–water partition coefficient (Wildman–Crippen LogP) is 2.89. The predicted molar refractivity (Wildman–Crippen MR) is 92.9 cm³/mol. The fourth-order valence-electron chi connectivity index (χ4n) is 2.72. The van der Waals surface area contributed by atoms with Gasteiger partial charge in [0.1, 0.15) is 5.69 Å². The van der Waals surface area contributed by atoms with Crippen LogP contribution in [0.1, 0.15) is 21.7 Å². The van der Waals surface area contributed by atoms with Crippen LogP contribution in [-0.4, -0.2) is 29.5 Å². The minimum Gasteiger partial charge on any atom is -0.387 e. The number of amides is 1. The first kappa shape index (κ1) is 15.1. The third kappa shape index (κ3) is 3.18. The molecule has 2 aromatic heterocycles. The van der Waals surface area contributed by atoms with Gasteiger partial charge in [-0.25, -0.2) is 4.98 Å². The largest absolute Gasteiger partial charge is 0.387 e. The van der Waals surface area contributed by atoms with Gasteiger partial charge in [0.15, 0.2) is 0 Å². The van der Waals surface area contributed by atoms with E-state index in [4.69, 9.17) is 0 Å². The van der Waals surface area contributed by atoms with Crippen molar-refractivity contribution in [1.82, 2.24) is 15.3 Å². The molecule has 3 rings (SSSR count). The van der Waals surface area contributed by atoms with E-state index in [1.165, 1.54) is 10.9 Å². The average molecular weight is 308 g/mol. The Morgan fingerprint density at radius 3 is 2.78 bits per heavy atom. The molecule has 0 spiro atoms.